The van der Waals surface area contributed by atoms with Crippen molar-refractivity contribution in [1.29, 1.82) is 0 Å². The molecule has 1 amide bonds. The van der Waals surface area contributed by atoms with Crippen molar-refractivity contribution < 1.29 is 14.3 Å². The molecule has 0 fully saturated rings. The van der Waals surface area contributed by atoms with E-state index in [1.165, 1.54) is 17.7 Å². The number of nitrogens with one attached hydrogen (secondary N) is 1. The first-order valence-electron chi connectivity index (χ1n) is 11.1. The first-order chi connectivity index (χ1) is 17.3. The van der Waals surface area contributed by atoms with Crippen LogP contribution in [0.4, 0.5) is 0 Å². The van der Waals surface area contributed by atoms with Crippen LogP contribution in [-0.4, -0.2) is 34.4 Å². The molecule has 0 radical (unpaired) electrons. The average molecular weight is 504 g/mol. The number of methoxy groups -OCH3 is 1. The minimum atomic E-state index is -0.493. The second-order valence-electron chi connectivity index (χ2n) is 8.18. The molecule has 0 saturated carbocycles. The quantitative estimate of drug-likeness (QED) is 0.307. The maximum Gasteiger partial charge on any atom is 0.337 e. The van der Waals surface area contributed by atoms with Gasteiger partial charge >= 0.3 is 11.7 Å². The topological polar surface area (TPSA) is 99.4 Å². The summed E-state index contributed by atoms with van der Waals surface area (Å²) in [4.78, 5) is 51.8. The van der Waals surface area contributed by atoms with Crippen LogP contribution in [0.1, 0.15) is 31.8 Å². The third-order valence-corrected chi connectivity index (χ3v) is 6.68. The van der Waals surface area contributed by atoms with Crippen molar-refractivity contribution in [2.75, 3.05) is 13.4 Å². The van der Waals surface area contributed by atoms with Gasteiger partial charge in [-0.2, -0.15) is 0 Å². The highest BCUT2D eigenvalue weighted by atomic mass is 32.2. The van der Waals surface area contributed by atoms with Crippen LogP contribution in [0.5, 0.6) is 0 Å². The Kier molecular flexibility index (Phi) is 7.40. The molecule has 1 aromatic heterocycles. The van der Waals surface area contributed by atoms with Gasteiger partial charge in [0.15, 0.2) is 0 Å². The molecule has 0 saturated heterocycles. The van der Waals surface area contributed by atoms with E-state index in [0.29, 0.717) is 28.8 Å². The zero-order valence-electron chi connectivity index (χ0n) is 20.1. The monoisotopic (exact) mass is 503 g/mol. The number of carbonyl (C=O) groups excluding carboxylic acids is 2. The van der Waals surface area contributed by atoms with E-state index < -0.39 is 17.2 Å². The smallest absolute Gasteiger partial charge is 0.337 e. The van der Waals surface area contributed by atoms with Gasteiger partial charge in [-0.15, -0.1) is 11.8 Å². The first-order valence-corrected chi connectivity index (χ1v) is 12.4. The van der Waals surface area contributed by atoms with Crippen LogP contribution in [0, 0.1) is 0 Å². The molecule has 1 N–H and O–H groups in total. The number of aromatic nitrogens is 2. The molecule has 4 aromatic rings. The summed E-state index contributed by atoms with van der Waals surface area (Å²) in [6, 6.07) is 19.1. The van der Waals surface area contributed by atoms with Crippen LogP contribution in [-0.2, 0) is 24.9 Å². The predicted molar refractivity (Wildman–Crippen MR) is 140 cm³/mol. The Morgan fingerprint density at radius 2 is 1.56 bits per heavy atom. The summed E-state index contributed by atoms with van der Waals surface area (Å²) in [5.74, 6) is -0.785. The number of benzene rings is 3. The van der Waals surface area contributed by atoms with Crippen LogP contribution < -0.4 is 16.6 Å². The van der Waals surface area contributed by atoms with Gasteiger partial charge in [0.1, 0.15) is 0 Å². The molecule has 184 valence electrons. The van der Waals surface area contributed by atoms with Gasteiger partial charge < -0.3 is 10.1 Å². The molecule has 0 atom stereocenters. The van der Waals surface area contributed by atoms with Gasteiger partial charge in [-0.3, -0.25) is 18.7 Å². The predicted octanol–water partition coefficient (Wildman–Crippen LogP) is 3.19. The summed E-state index contributed by atoms with van der Waals surface area (Å²) in [6.07, 6.45) is 2.00. The second kappa shape index (κ2) is 10.7. The van der Waals surface area contributed by atoms with Crippen molar-refractivity contribution in [2.45, 2.75) is 18.0 Å². The summed E-state index contributed by atoms with van der Waals surface area (Å²) in [5, 5.41) is 3.14. The summed E-state index contributed by atoms with van der Waals surface area (Å²) < 4.78 is 7.20. The number of aryl methyl sites for hydroxylation is 1. The number of ether oxygens (including phenoxy) is 1. The number of thioether (sulfide) groups is 1. The lowest BCUT2D eigenvalue weighted by Gasteiger charge is -2.12. The molecule has 3 aromatic carbocycles. The molecular weight excluding hydrogens is 478 g/mol. The van der Waals surface area contributed by atoms with Crippen molar-refractivity contribution in [1.82, 2.24) is 14.5 Å². The maximum atomic E-state index is 13.3. The Hall–Kier alpha value is -4.11. The highest BCUT2D eigenvalue weighted by Crippen LogP contribution is 2.15. The molecule has 9 heteroatoms. The van der Waals surface area contributed by atoms with E-state index in [0.717, 1.165) is 15.0 Å². The minimum Gasteiger partial charge on any atom is -0.465 e. The Morgan fingerprint density at radius 1 is 0.917 bits per heavy atom. The van der Waals surface area contributed by atoms with Gasteiger partial charge in [0.25, 0.3) is 11.5 Å². The third kappa shape index (κ3) is 5.11. The standard InChI is InChI=1S/C27H25N3O5S/c1-29-23-13-10-20(24(31)28-15-17-6-11-21(36-3)12-7-17)14-22(23)25(32)30(27(29)34)16-18-4-8-19(9-5-18)26(33)35-2/h4-14H,15-16H2,1-3H3,(H,28,31). The van der Waals surface area contributed by atoms with Crippen LogP contribution >= 0.6 is 11.8 Å². The van der Waals surface area contributed by atoms with Crippen LogP contribution in [0.25, 0.3) is 10.9 Å². The number of carbonyl (C=O) groups is 2. The lowest BCUT2D eigenvalue weighted by Crippen LogP contribution is -2.39. The molecule has 0 unspecified atom stereocenters. The Balaban J connectivity index is 1.61. The van der Waals surface area contributed by atoms with Crippen LogP contribution in [0.2, 0.25) is 0 Å². The van der Waals surface area contributed by atoms with Crippen molar-refractivity contribution in [3.8, 4) is 0 Å². The molecule has 0 bridgehead atoms. The first kappa shape index (κ1) is 25.0. The van der Waals surface area contributed by atoms with E-state index in [9.17, 15) is 19.2 Å². The van der Waals surface area contributed by atoms with Crippen LogP contribution in [0.15, 0.2) is 81.2 Å². The van der Waals surface area contributed by atoms with Gasteiger partial charge in [0.05, 0.1) is 30.1 Å². The fraction of sp³-hybridized carbons (Fsp3) is 0.185. The average Bonchev–Trinajstić information content (AvgIpc) is 2.92. The lowest BCUT2D eigenvalue weighted by molar-refractivity contribution is 0.0600. The molecule has 36 heavy (non-hydrogen) atoms. The number of rotatable bonds is 7. The molecule has 0 aliphatic heterocycles. The Labute approximate surface area is 211 Å². The number of nitrogens with zero attached hydrogens (tertiary/aromatic N) is 2. The Bertz CT molecular complexity index is 1550. The van der Waals surface area contributed by atoms with Crippen molar-refractivity contribution >= 4 is 34.5 Å². The molecule has 8 nitrogen and oxygen atoms in total. The second-order valence-corrected chi connectivity index (χ2v) is 9.06. The molecule has 0 aliphatic rings. The minimum absolute atomic E-state index is 0.0192. The Morgan fingerprint density at radius 3 is 2.19 bits per heavy atom. The van der Waals surface area contributed by atoms with Gasteiger partial charge in [-0.05, 0) is 59.8 Å². The fourth-order valence-electron chi connectivity index (χ4n) is 3.87. The third-order valence-electron chi connectivity index (χ3n) is 5.94. The molecular formula is C27H25N3O5S. The number of hydrogen-bond acceptors (Lipinski definition) is 6. The summed E-state index contributed by atoms with van der Waals surface area (Å²) in [5.41, 5.74) is 1.80. The largest absolute Gasteiger partial charge is 0.465 e. The van der Waals surface area contributed by atoms with E-state index in [1.807, 2.05) is 30.5 Å². The highest BCUT2D eigenvalue weighted by Gasteiger charge is 2.15. The SMILES string of the molecule is COC(=O)c1ccc(Cn2c(=O)c3cc(C(=O)NCc4ccc(SC)cc4)ccc3n(C)c2=O)cc1. The summed E-state index contributed by atoms with van der Waals surface area (Å²) in [7, 11) is 2.88. The molecule has 0 spiro atoms. The van der Waals surface area contributed by atoms with E-state index >= 15 is 0 Å². The number of esters is 1. The van der Waals surface area contributed by atoms with Crippen molar-refractivity contribution in [2.24, 2.45) is 7.05 Å². The number of hydrogen-bond donors (Lipinski definition) is 1. The zero-order valence-corrected chi connectivity index (χ0v) is 20.9. The molecule has 1 heterocycles. The van der Waals surface area contributed by atoms with Gasteiger partial charge in [0.2, 0.25) is 0 Å². The van der Waals surface area contributed by atoms with Gasteiger partial charge in [-0.1, -0.05) is 24.3 Å². The maximum absolute atomic E-state index is 13.3. The highest BCUT2D eigenvalue weighted by molar-refractivity contribution is 7.98. The zero-order chi connectivity index (χ0) is 25.8. The molecule has 0 aliphatic carbocycles. The van der Waals surface area contributed by atoms with Gasteiger partial charge in [0, 0.05) is 24.1 Å². The summed E-state index contributed by atoms with van der Waals surface area (Å²) in [6.45, 7) is 0.371. The van der Waals surface area contributed by atoms with Crippen molar-refractivity contribution in [3.05, 3.63) is 110 Å². The van der Waals surface area contributed by atoms with Crippen LogP contribution in [0.3, 0.4) is 0 Å². The normalized spacial score (nSPS) is 10.9. The lowest BCUT2D eigenvalue weighted by atomic mass is 10.1. The van der Waals surface area contributed by atoms with E-state index in [4.69, 9.17) is 4.74 Å². The van der Waals surface area contributed by atoms with E-state index in [2.05, 4.69) is 5.32 Å². The van der Waals surface area contributed by atoms with E-state index in [1.54, 1.807) is 55.2 Å². The number of amides is 1. The van der Waals surface area contributed by atoms with Gasteiger partial charge in [-0.25, -0.2) is 9.59 Å². The van der Waals surface area contributed by atoms with Crippen molar-refractivity contribution in [3.63, 3.8) is 0 Å². The summed E-state index contributed by atoms with van der Waals surface area (Å²) >= 11 is 1.65. The fourth-order valence-corrected chi connectivity index (χ4v) is 4.28. The number of fused-ring (bicyclic) bond motifs is 1. The van der Waals surface area contributed by atoms with E-state index in [-0.39, 0.29) is 17.8 Å². The molecule has 4 rings (SSSR count).